The molecular weight excluding hydrogens is 230 g/mol. The molecule has 2 nitrogen and oxygen atoms in total. The van der Waals surface area contributed by atoms with E-state index in [0.29, 0.717) is 6.04 Å². The van der Waals surface area contributed by atoms with E-state index >= 15 is 0 Å². The van der Waals surface area contributed by atoms with Crippen molar-refractivity contribution >= 4 is 11.3 Å². The van der Waals surface area contributed by atoms with E-state index in [9.17, 15) is 0 Å². The first kappa shape index (κ1) is 12.4. The summed E-state index contributed by atoms with van der Waals surface area (Å²) in [5.41, 5.74) is 1.29. The number of hydrogen-bond acceptors (Lipinski definition) is 3. The SMILES string of the molecule is CNC(CCc1cccs1)c1cc(C)oc1C. The maximum Gasteiger partial charge on any atom is 0.105 e. The molecule has 2 aromatic heterocycles. The van der Waals surface area contributed by atoms with Crippen LogP contribution in [0.1, 0.15) is 34.4 Å². The molecule has 1 unspecified atom stereocenters. The number of thiophene rings is 1. The van der Waals surface area contributed by atoms with Crippen LogP contribution < -0.4 is 5.32 Å². The van der Waals surface area contributed by atoms with Gasteiger partial charge in [0.25, 0.3) is 0 Å². The average molecular weight is 249 g/mol. The van der Waals surface area contributed by atoms with E-state index in [4.69, 9.17) is 4.42 Å². The van der Waals surface area contributed by atoms with Gasteiger partial charge in [-0.25, -0.2) is 0 Å². The van der Waals surface area contributed by atoms with Gasteiger partial charge in [0.15, 0.2) is 0 Å². The fourth-order valence-electron chi connectivity index (χ4n) is 2.19. The van der Waals surface area contributed by atoms with Crippen molar-refractivity contribution < 1.29 is 4.42 Å². The van der Waals surface area contributed by atoms with E-state index in [2.05, 4.69) is 28.9 Å². The van der Waals surface area contributed by atoms with Crippen molar-refractivity contribution in [3.8, 4) is 0 Å². The molecule has 0 radical (unpaired) electrons. The highest BCUT2D eigenvalue weighted by Crippen LogP contribution is 2.25. The Bertz CT molecular complexity index is 459. The summed E-state index contributed by atoms with van der Waals surface area (Å²) >= 11 is 1.83. The Balaban J connectivity index is 2.04. The summed E-state index contributed by atoms with van der Waals surface area (Å²) < 4.78 is 5.60. The molecule has 0 aliphatic heterocycles. The Morgan fingerprint density at radius 2 is 2.24 bits per heavy atom. The Hall–Kier alpha value is -1.06. The topological polar surface area (TPSA) is 25.2 Å². The molecule has 0 aliphatic rings. The first-order valence-corrected chi connectivity index (χ1v) is 6.85. The Morgan fingerprint density at radius 1 is 1.41 bits per heavy atom. The van der Waals surface area contributed by atoms with Crippen LogP contribution in [0.5, 0.6) is 0 Å². The molecule has 2 aromatic rings. The number of nitrogens with one attached hydrogen (secondary N) is 1. The van der Waals surface area contributed by atoms with Gasteiger partial charge in [-0.1, -0.05) is 6.07 Å². The fourth-order valence-corrected chi connectivity index (χ4v) is 2.92. The molecule has 0 spiro atoms. The molecule has 2 heterocycles. The minimum absolute atomic E-state index is 0.384. The van der Waals surface area contributed by atoms with Crippen molar-refractivity contribution in [1.82, 2.24) is 5.32 Å². The second-order valence-corrected chi connectivity index (χ2v) is 5.36. The second-order valence-electron chi connectivity index (χ2n) is 4.33. The van der Waals surface area contributed by atoms with Gasteiger partial charge in [0.1, 0.15) is 11.5 Å². The van der Waals surface area contributed by atoms with Crippen LogP contribution in [0.4, 0.5) is 0 Å². The molecule has 0 bridgehead atoms. The molecule has 0 aromatic carbocycles. The molecule has 92 valence electrons. The lowest BCUT2D eigenvalue weighted by atomic mass is 10.0. The van der Waals surface area contributed by atoms with Gasteiger partial charge in [0, 0.05) is 16.5 Å². The molecule has 17 heavy (non-hydrogen) atoms. The predicted molar refractivity (Wildman–Crippen MR) is 72.6 cm³/mol. The van der Waals surface area contributed by atoms with Crippen molar-refractivity contribution in [3.63, 3.8) is 0 Å². The van der Waals surface area contributed by atoms with Crippen LogP contribution in [-0.2, 0) is 6.42 Å². The number of rotatable bonds is 5. The molecule has 0 saturated carbocycles. The van der Waals surface area contributed by atoms with Gasteiger partial charge in [-0.15, -0.1) is 11.3 Å². The molecule has 2 rings (SSSR count). The highest BCUT2D eigenvalue weighted by Gasteiger charge is 2.15. The zero-order chi connectivity index (χ0) is 12.3. The highest BCUT2D eigenvalue weighted by atomic mass is 32.1. The minimum atomic E-state index is 0.384. The third-order valence-electron chi connectivity index (χ3n) is 3.06. The Kier molecular flexibility index (Phi) is 4.02. The fraction of sp³-hybridized carbons (Fsp3) is 0.429. The molecule has 0 aliphatic carbocycles. The van der Waals surface area contributed by atoms with Crippen LogP contribution in [-0.4, -0.2) is 7.05 Å². The van der Waals surface area contributed by atoms with E-state index in [1.165, 1.54) is 10.4 Å². The maximum absolute atomic E-state index is 5.60. The zero-order valence-corrected chi connectivity index (χ0v) is 11.4. The summed E-state index contributed by atoms with van der Waals surface area (Å²) in [5.74, 6) is 2.03. The van der Waals surface area contributed by atoms with Crippen molar-refractivity contribution in [2.24, 2.45) is 0 Å². The van der Waals surface area contributed by atoms with E-state index in [0.717, 1.165) is 24.4 Å². The summed E-state index contributed by atoms with van der Waals surface area (Å²) in [7, 11) is 2.01. The summed E-state index contributed by atoms with van der Waals surface area (Å²) in [6.45, 7) is 4.04. The molecule has 1 N–H and O–H groups in total. The van der Waals surface area contributed by atoms with Gasteiger partial charge in [0.05, 0.1) is 0 Å². The number of furan rings is 1. The lowest BCUT2D eigenvalue weighted by Crippen LogP contribution is -2.17. The third-order valence-corrected chi connectivity index (χ3v) is 4.00. The third kappa shape index (κ3) is 2.99. The van der Waals surface area contributed by atoms with Crippen LogP contribution >= 0.6 is 11.3 Å². The van der Waals surface area contributed by atoms with Gasteiger partial charge in [-0.3, -0.25) is 0 Å². The van der Waals surface area contributed by atoms with Gasteiger partial charge in [-0.05, 0) is 51.2 Å². The van der Waals surface area contributed by atoms with Crippen molar-refractivity contribution in [2.45, 2.75) is 32.7 Å². The lowest BCUT2D eigenvalue weighted by molar-refractivity contribution is 0.484. The van der Waals surface area contributed by atoms with E-state index < -0.39 is 0 Å². The molecule has 0 saturated heterocycles. The van der Waals surface area contributed by atoms with Gasteiger partial charge < -0.3 is 9.73 Å². The maximum atomic E-state index is 5.60. The van der Waals surface area contributed by atoms with Crippen molar-refractivity contribution in [2.75, 3.05) is 7.05 Å². The van der Waals surface area contributed by atoms with E-state index in [1.54, 1.807) is 0 Å². The van der Waals surface area contributed by atoms with Gasteiger partial charge >= 0.3 is 0 Å². The smallest absolute Gasteiger partial charge is 0.105 e. The van der Waals surface area contributed by atoms with Crippen LogP contribution in [0.2, 0.25) is 0 Å². The number of hydrogen-bond donors (Lipinski definition) is 1. The van der Waals surface area contributed by atoms with E-state index in [1.807, 2.05) is 32.2 Å². The molecule has 0 fully saturated rings. The average Bonchev–Trinajstić information content (AvgIpc) is 2.90. The lowest BCUT2D eigenvalue weighted by Gasteiger charge is -2.14. The monoisotopic (exact) mass is 249 g/mol. The van der Waals surface area contributed by atoms with E-state index in [-0.39, 0.29) is 0 Å². The standard InChI is InChI=1S/C14H19NOS/c1-10-9-13(11(2)16-10)14(15-3)7-6-12-5-4-8-17-12/h4-5,8-9,14-15H,6-7H2,1-3H3. The normalized spacial score (nSPS) is 12.9. The summed E-state index contributed by atoms with van der Waals surface area (Å²) in [6.07, 6.45) is 2.23. The van der Waals surface area contributed by atoms with Crippen molar-refractivity contribution in [1.29, 1.82) is 0 Å². The predicted octanol–water partition coefficient (Wildman–Crippen LogP) is 3.85. The Morgan fingerprint density at radius 3 is 2.76 bits per heavy atom. The molecule has 0 amide bonds. The summed E-state index contributed by atoms with van der Waals surface area (Å²) in [6, 6.07) is 6.84. The molecule has 3 heteroatoms. The molecular formula is C14H19NOS. The second kappa shape index (κ2) is 5.52. The van der Waals surface area contributed by atoms with Gasteiger partial charge in [0.2, 0.25) is 0 Å². The van der Waals surface area contributed by atoms with Crippen LogP contribution in [0, 0.1) is 13.8 Å². The minimum Gasteiger partial charge on any atom is -0.466 e. The van der Waals surface area contributed by atoms with Crippen LogP contribution in [0.15, 0.2) is 28.0 Å². The van der Waals surface area contributed by atoms with Crippen LogP contribution in [0.3, 0.4) is 0 Å². The first-order valence-electron chi connectivity index (χ1n) is 5.97. The number of aryl methyl sites for hydroxylation is 3. The summed E-state index contributed by atoms with van der Waals surface area (Å²) in [5, 5.41) is 5.52. The van der Waals surface area contributed by atoms with Gasteiger partial charge in [-0.2, -0.15) is 0 Å². The summed E-state index contributed by atoms with van der Waals surface area (Å²) in [4.78, 5) is 1.45. The highest BCUT2D eigenvalue weighted by molar-refractivity contribution is 7.09. The zero-order valence-electron chi connectivity index (χ0n) is 10.6. The molecule has 1 atom stereocenters. The Labute approximate surface area is 107 Å². The van der Waals surface area contributed by atoms with Crippen molar-refractivity contribution in [3.05, 3.63) is 45.5 Å². The first-order chi connectivity index (χ1) is 8.20. The van der Waals surface area contributed by atoms with Crippen LogP contribution in [0.25, 0.3) is 0 Å². The quantitative estimate of drug-likeness (QED) is 0.870. The largest absolute Gasteiger partial charge is 0.466 e.